The molecule has 1 aromatic carbocycles. The summed E-state index contributed by atoms with van der Waals surface area (Å²) in [6.45, 7) is 11.6. The number of hydrogen-bond acceptors (Lipinski definition) is 7. The zero-order valence-corrected chi connectivity index (χ0v) is 24.7. The quantitative estimate of drug-likeness (QED) is 0.286. The number of carbonyl (C=O) groups excluding carboxylic acids is 1. The van der Waals surface area contributed by atoms with Gasteiger partial charge in [-0.15, -0.1) is 0 Å². The van der Waals surface area contributed by atoms with Crippen molar-refractivity contribution in [3.05, 3.63) is 83.7 Å². The van der Waals surface area contributed by atoms with Crippen LogP contribution in [-0.2, 0) is 13.0 Å². The molecule has 0 spiro atoms. The lowest BCUT2D eigenvalue weighted by Crippen LogP contribution is -2.50. The first-order valence-corrected chi connectivity index (χ1v) is 14.6. The lowest BCUT2D eigenvalue weighted by molar-refractivity contribution is 0.0928. The molecule has 5 heterocycles. The lowest BCUT2D eigenvalue weighted by Gasteiger charge is -2.37. The zero-order valence-electron chi connectivity index (χ0n) is 24.7. The Labute approximate surface area is 245 Å². The molecule has 42 heavy (non-hydrogen) atoms. The van der Waals surface area contributed by atoms with Gasteiger partial charge < -0.3 is 15.0 Å². The van der Waals surface area contributed by atoms with Crippen LogP contribution in [0.1, 0.15) is 34.5 Å². The minimum Gasteiger partial charge on any atom is -0.492 e. The normalized spacial score (nSPS) is 16.3. The molecule has 6 rings (SSSR count). The van der Waals surface area contributed by atoms with Gasteiger partial charge in [0, 0.05) is 74.2 Å². The van der Waals surface area contributed by atoms with Crippen LogP contribution < -0.4 is 10.1 Å². The SMILES string of the molecule is Cc1cccc(CCn2nc(C)c3c(NC(=O)c4cnc5cc(OCCN6CCN(C)[C@@H](C)C6)ccn45)cccc32)n1. The van der Waals surface area contributed by atoms with Crippen LogP contribution >= 0.6 is 0 Å². The Morgan fingerprint density at radius 2 is 1.95 bits per heavy atom. The summed E-state index contributed by atoms with van der Waals surface area (Å²) in [5.41, 5.74) is 5.72. The number of amides is 1. The van der Waals surface area contributed by atoms with E-state index in [-0.39, 0.29) is 5.91 Å². The number of carbonyl (C=O) groups is 1. The van der Waals surface area contributed by atoms with Gasteiger partial charge in [0.2, 0.25) is 0 Å². The monoisotopic (exact) mass is 566 g/mol. The third kappa shape index (κ3) is 5.86. The molecule has 5 aromatic rings. The Bertz CT molecular complexity index is 1720. The molecule has 0 bridgehead atoms. The van der Waals surface area contributed by atoms with E-state index in [0.29, 0.717) is 30.5 Å². The molecule has 4 aromatic heterocycles. The van der Waals surface area contributed by atoms with Crippen LogP contribution in [0, 0.1) is 13.8 Å². The average Bonchev–Trinajstić information content (AvgIpc) is 3.55. The van der Waals surface area contributed by atoms with Gasteiger partial charge in [0.15, 0.2) is 0 Å². The molecule has 0 aliphatic carbocycles. The van der Waals surface area contributed by atoms with Crippen molar-refractivity contribution in [1.29, 1.82) is 0 Å². The van der Waals surface area contributed by atoms with Crippen LogP contribution in [0.2, 0.25) is 0 Å². The fourth-order valence-corrected chi connectivity index (χ4v) is 5.68. The molecule has 1 fully saturated rings. The van der Waals surface area contributed by atoms with E-state index in [4.69, 9.17) is 9.84 Å². The highest BCUT2D eigenvalue weighted by Crippen LogP contribution is 2.28. The van der Waals surface area contributed by atoms with Gasteiger partial charge in [-0.2, -0.15) is 5.10 Å². The summed E-state index contributed by atoms with van der Waals surface area (Å²) in [5.74, 6) is 0.514. The van der Waals surface area contributed by atoms with Gasteiger partial charge in [-0.05, 0) is 58.2 Å². The number of aryl methyl sites for hydroxylation is 4. The first kappa shape index (κ1) is 27.9. The molecule has 10 nitrogen and oxygen atoms in total. The van der Waals surface area contributed by atoms with E-state index in [1.54, 1.807) is 10.6 Å². The molecule has 0 unspecified atom stereocenters. The number of hydrogen-bond donors (Lipinski definition) is 1. The van der Waals surface area contributed by atoms with Crippen molar-refractivity contribution in [2.45, 2.75) is 39.8 Å². The van der Waals surface area contributed by atoms with Crippen LogP contribution in [-0.4, -0.2) is 85.7 Å². The molecule has 1 saturated heterocycles. The van der Waals surface area contributed by atoms with Gasteiger partial charge in [0.05, 0.1) is 23.1 Å². The van der Waals surface area contributed by atoms with Crippen molar-refractivity contribution < 1.29 is 9.53 Å². The second kappa shape index (κ2) is 11.9. The van der Waals surface area contributed by atoms with Crippen molar-refractivity contribution >= 4 is 28.1 Å². The van der Waals surface area contributed by atoms with E-state index in [1.807, 2.05) is 73.3 Å². The maximum Gasteiger partial charge on any atom is 0.274 e. The molecule has 10 heteroatoms. The maximum atomic E-state index is 13.4. The van der Waals surface area contributed by atoms with Crippen molar-refractivity contribution in [3.8, 4) is 5.75 Å². The zero-order chi connectivity index (χ0) is 29.2. The summed E-state index contributed by atoms with van der Waals surface area (Å²) < 4.78 is 9.82. The number of pyridine rings is 2. The van der Waals surface area contributed by atoms with Gasteiger partial charge in [0.1, 0.15) is 23.7 Å². The molecule has 0 radical (unpaired) electrons. The highest BCUT2D eigenvalue weighted by Gasteiger charge is 2.20. The molecule has 1 atom stereocenters. The number of likely N-dealkylation sites (N-methyl/N-ethyl adjacent to an activating group) is 1. The summed E-state index contributed by atoms with van der Waals surface area (Å²) >= 11 is 0. The number of fused-ring (bicyclic) bond motifs is 2. The Morgan fingerprint density at radius 1 is 1.10 bits per heavy atom. The number of imidazole rings is 1. The highest BCUT2D eigenvalue weighted by atomic mass is 16.5. The second-order valence-corrected chi connectivity index (χ2v) is 11.2. The number of benzene rings is 1. The number of piperazine rings is 1. The van der Waals surface area contributed by atoms with Crippen molar-refractivity contribution in [1.82, 2.24) is 33.9 Å². The molecule has 218 valence electrons. The van der Waals surface area contributed by atoms with Crippen LogP contribution in [0.25, 0.3) is 16.6 Å². The summed E-state index contributed by atoms with van der Waals surface area (Å²) in [4.78, 5) is 27.4. The third-order valence-electron chi connectivity index (χ3n) is 8.16. The van der Waals surface area contributed by atoms with E-state index in [0.717, 1.165) is 72.0 Å². The molecule has 1 aliphatic heterocycles. The van der Waals surface area contributed by atoms with E-state index in [2.05, 4.69) is 39.1 Å². The van der Waals surface area contributed by atoms with Crippen LogP contribution in [0.4, 0.5) is 5.69 Å². The number of nitrogens with zero attached hydrogens (tertiary/aromatic N) is 7. The highest BCUT2D eigenvalue weighted by molar-refractivity contribution is 6.08. The number of rotatable bonds is 9. The van der Waals surface area contributed by atoms with Gasteiger partial charge >= 0.3 is 0 Å². The minimum absolute atomic E-state index is 0.232. The second-order valence-electron chi connectivity index (χ2n) is 11.2. The molecule has 1 amide bonds. The molecular weight excluding hydrogens is 528 g/mol. The summed E-state index contributed by atoms with van der Waals surface area (Å²) in [6, 6.07) is 16.3. The third-order valence-corrected chi connectivity index (χ3v) is 8.16. The van der Waals surface area contributed by atoms with E-state index < -0.39 is 0 Å². The Balaban J connectivity index is 1.13. The minimum atomic E-state index is -0.232. The first-order chi connectivity index (χ1) is 20.4. The Kier molecular flexibility index (Phi) is 7.90. The van der Waals surface area contributed by atoms with E-state index >= 15 is 0 Å². The molecule has 1 aliphatic rings. The first-order valence-electron chi connectivity index (χ1n) is 14.6. The summed E-state index contributed by atoms with van der Waals surface area (Å²) in [5, 5.41) is 8.81. The van der Waals surface area contributed by atoms with Gasteiger partial charge in [0.25, 0.3) is 5.91 Å². The predicted octanol–water partition coefficient (Wildman–Crippen LogP) is 4.21. The van der Waals surface area contributed by atoms with Gasteiger partial charge in [-0.25, -0.2) is 4.98 Å². The van der Waals surface area contributed by atoms with Gasteiger partial charge in [-0.1, -0.05) is 12.1 Å². The van der Waals surface area contributed by atoms with E-state index in [9.17, 15) is 4.79 Å². The number of nitrogens with one attached hydrogen (secondary N) is 1. The van der Waals surface area contributed by atoms with Crippen molar-refractivity contribution in [2.75, 3.05) is 45.2 Å². The molecular formula is C32H38N8O2. The Morgan fingerprint density at radius 3 is 2.79 bits per heavy atom. The summed E-state index contributed by atoms with van der Waals surface area (Å²) in [6.07, 6.45) is 4.22. The fourth-order valence-electron chi connectivity index (χ4n) is 5.68. The van der Waals surface area contributed by atoms with Crippen LogP contribution in [0.3, 0.4) is 0 Å². The number of aromatic nitrogens is 5. The number of ether oxygens (including phenoxy) is 1. The van der Waals surface area contributed by atoms with Crippen molar-refractivity contribution in [3.63, 3.8) is 0 Å². The lowest BCUT2D eigenvalue weighted by atomic mass is 10.1. The Hall–Kier alpha value is -4.28. The van der Waals surface area contributed by atoms with E-state index in [1.165, 1.54) is 0 Å². The molecule has 0 saturated carbocycles. The van der Waals surface area contributed by atoms with Crippen LogP contribution in [0.5, 0.6) is 5.75 Å². The smallest absolute Gasteiger partial charge is 0.274 e. The number of anilines is 1. The standard InChI is InChI=1S/C32H38N8O2/c1-22-7-5-8-25(34-22)11-14-40-28-10-6-9-27(31(28)24(3)36-40)35-32(41)29-20-33-30-19-26(12-13-39(29)30)42-18-17-38-16-15-37(4)23(2)21-38/h5-10,12-13,19-20,23H,11,14-18,21H2,1-4H3,(H,35,41)/t23-/m0/s1. The largest absolute Gasteiger partial charge is 0.492 e. The fraction of sp³-hybridized carbons (Fsp3) is 0.375. The van der Waals surface area contributed by atoms with Crippen LogP contribution in [0.15, 0.2) is 60.9 Å². The summed E-state index contributed by atoms with van der Waals surface area (Å²) in [7, 11) is 2.18. The topological polar surface area (TPSA) is 92.8 Å². The maximum absolute atomic E-state index is 13.4. The average molecular weight is 567 g/mol. The molecule has 1 N–H and O–H groups in total. The van der Waals surface area contributed by atoms with Gasteiger partial charge in [-0.3, -0.25) is 23.8 Å². The van der Waals surface area contributed by atoms with Crippen molar-refractivity contribution in [2.24, 2.45) is 0 Å². The predicted molar refractivity (Wildman–Crippen MR) is 164 cm³/mol.